The molecule has 1 saturated heterocycles. The molecule has 2 aromatic heterocycles. The number of fused-ring (bicyclic) bond motifs is 1. The first-order chi connectivity index (χ1) is 8.27. The van der Waals surface area contributed by atoms with Crippen molar-refractivity contribution in [3.05, 3.63) is 29.6 Å². The molecule has 0 aliphatic carbocycles. The van der Waals surface area contributed by atoms with E-state index in [0.29, 0.717) is 5.92 Å². The van der Waals surface area contributed by atoms with Crippen molar-refractivity contribution in [2.45, 2.75) is 25.7 Å². The van der Waals surface area contributed by atoms with E-state index in [1.807, 2.05) is 16.7 Å². The maximum Gasteiger partial charge on any atom is 0.141 e. The van der Waals surface area contributed by atoms with Gasteiger partial charge in [0.15, 0.2) is 0 Å². The first-order valence-electron chi connectivity index (χ1n) is 6.08. The van der Waals surface area contributed by atoms with Crippen molar-refractivity contribution in [2.24, 2.45) is 0 Å². The smallest absolute Gasteiger partial charge is 0.141 e. The lowest BCUT2D eigenvalue weighted by Gasteiger charge is -2.20. The number of pyridine rings is 1. The Morgan fingerprint density at radius 2 is 2.18 bits per heavy atom. The normalized spacial score (nSPS) is 17.7. The third kappa shape index (κ3) is 1.69. The molecule has 1 fully saturated rings. The topological polar surface area (TPSA) is 52.5 Å². The lowest BCUT2D eigenvalue weighted by molar-refractivity contribution is 0.0847. The third-order valence-electron chi connectivity index (χ3n) is 3.52. The Kier molecular flexibility index (Phi) is 2.52. The summed E-state index contributed by atoms with van der Waals surface area (Å²) in [6.07, 6.45) is 4.02. The van der Waals surface area contributed by atoms with Crippen molar-refractivity contribution in [2.75, 3.05) is 18.9 Å². The van der Waals surface area contributed by atoms with Gasteiger partial charge in [-0.2, -0.15) is 0 Å². The molecular weight excluding hydrogens is 214 g/mol. The van der Waals surface area contributed by atoms with Gasteiger partial charge in [0.05, 0.1) is 5.69 Å². The van der Waals surface area contributed by atoms with Gasteiger partial charge in [0.25, 0.3) is 0 Å². The van der Waals surface area contributed by atoms with Crippen LogP contribution in [0.25, 0.3) is 5.65 Å². The minimum atomic E-state index is 0.447. The van der Waals surface area contributed by atoms with Crippen molar-refractivity contribution in [3.63, 3.8) is 0 Å². The first-order valence-corrected chi connectivity index (χ1v) is 6.08. The second kappa shape index (κ2) is 4.04. The Balaban J connectivity index is 2.10. The summed E-state index contributed by atoms with van der Waals surface area (Å²) < 4.78 is 7.37. The Bertz CT molecular complexity index is 541. The van der Waals surface area contributed by atoms with E-state index in [2.05, 4.69) is 13.0 Å². The van der Waals surface area contributed by atoms with Crippen LogP contribution in [0.15, 0.2) is 18.3 Å². The standard InChI is InChI=1S/C13H17N3O/c1-9-3-2-6-16-12(14)11(15-13(9)16)10-4-7-17-8-5-10/h2-3,6,10H,4-5,7-8,14H2,1H3. The number of imidazole rings is 1. The molecule has 0 saturated carbocycles. The molecule has 2 aromatic rings. The fourth-order valence-electron chi connectivity index (χ4n) is 2.51. The van der Waals surface area contributed by atoms with Crippen LogP contribution in [0.4, 0.5) is 5.82 Å². The predicted octanol–water partition coefficient (Wildman–Crippen LogP) is 2.12. The molecule has 3 heterocycles. The number of anilines is 1. The van der Waals surface area contributed by atoms with Crippen molar-refractivity contribution in [1.82, 2.24) is 9.38 Å². The van der Waals surface area contributed by atoms with Gasteiger partial charge in [-0.05, 0) is 31.4 Å². The van der Waals surface area contributed by atoms with Crippen LogP contribution < -0.4 is 5.73 Å². The first kappa shape index (κ1) is 10.6. The third-order valence-corrected chi connectivity index (χ3v) is 3.52. The van der Waals surface area contributed by atoms with Crippen LogP contribution in [0.5, 0.6) is 0 Å². The molecule has 4 nitrogen and oxygen atoms in total. The van der Waals surface area contributed by atoms with Crippen molar-refractivity contribution < 1.29 is 4.74 Å². The Morgan fingerprint density at radius 3 is 2.88 bits per heavy atom. The largest absolute Gasteiger partial charge is 0.383 e. The molecule has 0 unspecified atom stereocenters. The van der Waals surface area contributed by atoms with E-state index in [9.17, 15) is 0 Å². The summed E-state index contributed by atoms with van der Waals surface area (Å²) in [5, 5.41) is 0. The molecule has 0 atom stereocenters. The van der Waals surface area contributed by atoms with Crippen molar-refractivity contribution in [3.8, 4) is 0 Å². The van der Waals surface area contributed by atoms with Crippen molar-refractivity contribution in [1.29, 1.82) is 0 Å². The Morgan fingerprint density at radius 1 is 1.41 bits per heavy atom. The van der Waals surface area contributed by atoms with E-state index < -0.39 is 0 Å². The van der Waals surface area contributed by atoms with Crippen LogP contribution in [0.1, 0.15) is 30.0 Å². The molecule has 0 aromatic carbocycles. The van der Waals surface area contributed by atoms with Gasteiger partial charge in [-0.3, -0.25) is 4.40 Å². The number of nitrogen functional groups attached to an aromatic ring is 1. The minimum Gasteiger partial charge on any atom is -0.383 e. The fraction of sp³-hybridized carbons (Fsp3) is 0.462. The highest BCUT2D eigenvalue weighted by atomic mass is 16.5. The number of ether oxygens (including phenoxy) is 1. The maximum atomic E-state index is 6.20. The van der Waals surface area contributed by atoms with Crippen molar-refractivity contribution >= 4 is 11.5 Å². The van der Waals surface area contributed by atoms with Crippen LogP contribution in [0.2, 0.25) is 0 Å². The Hall–Kier alpha value is -1.55. The highest BCUT2D eigenvalue weighted by Gasteiger charge is 2.22. The zero-order valence-electron chi connectivity index (χ0n) is 10.0. The van der Waals surface area contributed by atoms with Gasteiger partial charge >= 0.3 is 0 Å². The lowest BCUT2D eigenvalue weighted by atomic mass is 9.96. The van der Waals surface area contributed by atoms with Crippen LogP contribution in [-0.4, -0.2) is 22.6 Å². The number of aromatic nitrogens is 2. The second-order valence-electron chi connectivity index (χ2n) is 4.65. The van der Waals surface area contributed by atoms with Crippen LogP contribution in [-0.2, 0) is 4.74 Å². The highest BCUT2D eigenvalue weighted by Crippen LogP contribution is 2.31. The SMILES string of the molecule is Cc1cccn2c(N)c(C3CCOCC3)nc12. The molecule has 4 heteroatoms. The average Bonchev–Trinajstić information content (AvgIpc) is 2.70. The molecule has 3 rings (SSSR count). The van der Waals surface area contributed by atoms with Gasteiger partial charge in [-0.15, -0.1) is 0 Å². The summed E-state index contributed by atoms with van der Waals surface area (Å²) in [7, 11) is 0. The van der Waals surface area contributed by atoms with E-state index in [0.717, 1.165) is 48.8 Å². The van der Waals surface area contributed by atoms with E-state index in [1.165, 1.54) is 0 Å². The fourth-order valence-corrected chi connectivity index (χ4v) is 2.51. The zero-order chi connectivity index (χ0) is 11.8. The number of hydrogen-bond acceptors (Lipinski definition) is 3. The van der Waals surface area contributed by atoms with Crippen LogP contribution in [0.3, 0.4) is 0 Å². The second-order valence-corrected chi connectivity index (χ2v) is 4.65. The summed E-state index contributed by atoms with van der Waals surface area (Å²) in [6.45, 7) is 3.70. The lowest BCUT2D eigenvalue weighted by Crippen LogP contribution is -2.15. The highest BCUT2D eigenvalue weighted by molar-refractivity contribution is 5.57. The number of hydrogen-bond donors (Lipinski definition) is 1. The minimum absolute atomic E-state index is 0.447. The summed E-state index contributed by atoms with van der Waals surface area (Å²) in [6, 6.07) is 4.07. The van der Waals surface area contributed by atoms with Gasteiger partial charge in [0.2, 0.25) is 0 Å². The molecule has 90 valence electrons. The molecular formula is C13H17N3O. The summed E-state index contributed by atoms with van der Waals surface area (Å²) in [5.74, 6) is 1.23. The number of rotatable bonds is 1. The van der Waals surface area contributed by atoms with Gasteiger partial charge in [0.1, 0.15) is 11.5 Å². The molecule has 0 radical (unpaired) electrons. The summed E-state index contributed by atoms with van der Waals surface area (Å²) in [5.41, 5.74) is 9.39. The molecule has 17 heavy (non-hydrogen) atoms. The summed E-state index contributed by atoms with van der Waals surface area (Å²) in [4.78, 5) is 4.72. The molecule has 1 aliphatic heterocycles. The number of nitrogens with two attached hydrogens (primary N) is 1. The molecule has 1 aliphatic rings. The molecule has 2 N–H and O–H groups in total. The Labute approximate surface area is 100 Å². The maximum absolute atomic E-state index is 6.20. The summed E-state index contributed by atoms with van der Waals surface area (Å²) >= 11 is 0. The quantitative estimate of drug-likeness (QED) is 0.818. The van der Waals surface area contributed by atoms with E-state index in [-0.39, 0.29) is 0 Å². The van der Waals surface area contributed by atoms with Crippen LogP contribution >= 0.6 is 0 Å². The molecule has 0 spiro atoms. The van der Waals surface area contributed by atoms with Gasteiger partial charge < -0.3 is 10.5 Å². The van der Waals surface area contributed by atoms with Gasteiger partial charge in [-0.25, -0.2) is 4.98 Å². The number of nitrogens with zero attached hydrogens (tertiary/aromatic N) is 2. The van der Waals surface area contributed by atoms with Crippen LogP contribution in [0, 0.1) is 6.92 Å². The average molecular weight is 231 g/mol. The van der Waals surface area contributed by atoms with Gasteiger partial charge in [0, 0.05) is 25.3 Å². The van der Waals surface area contributed by atoms with E-state index >= 15 is 0 Å². The van der Waals surface area contributed by atoms with Gasteiger partial charge in [-0.1, -0.05) is 6.07 Å². The predicted molar refractivity (Wildman–Crippen MR) is 67.1 cm³/mol. The van der Waals surface area contributed by atoms with E-state index in [4.69, 9.17) is 15.5 Å². The zero-order valence-corrected chi connectivity index (χ0v) is 10.0. The molecule has 0 bridgehead atoms. The molecule has 0 amide bonds. The van der Waals surface area contributed by atoms with E-state index in [1.54, 1.807) is 0 Å². The monoisotopic (exact) mass is 231 g/mol. The number of aryl methyl sites for hydroxylation is 1.